The molecule has 0 amide bonds. The van der Waals surface area contributed by atoms with Crippen molar-refractivity contribution in [1.82, 2.24) is 4.90 Å². The summed E-state index contributed by atoms with van der Waals surface area (Å²) in [7, 11) is 2.24. The molecule has 2 rings (SSSR count). The smallest absolute Gasteiger partial charge is 0.0236 e. The Kier molecular flexibility index (Phi) is 4.19. The second-order valence-electron chi connectivity index (χ2n) is 5.41. The molecule has 0 unspecified atom stereocenters. The SMILES string of the molecule is Cc1ccccc1CN(C)C1CCC(N)CC1. The van der Waals surface area contributed by atoms with Crippen molar-refractivity contribution in [2.45, 2.75) is 51.2 Å². The Morgan fingerprint density at radius 2 is 1.82 bits per heavy atom. The highest BCUT2D eigenvalue weighted by Crippen LogP contribution is 2.23. The zero-order valence-corrected chi connectivity index (χ0v) is 11.0. The maximum atomic E-state index is 5.96. The summed E-state index contributed by atoms with van der Waals surface area (Å²) in [6.45, 7) is 3.26. The van der Waals surface area contributed by atoms with Crippen molar-refractivity contribution in [1.29, 1.82) is 0 Å². The van der Waals surface area contributed by atoms with E-state index in [1.165, 1.54) is 36.8 Å². The summed E-state index contributed by atoms with van der Waals surface area (Å²) in [6, 6.07) is 9.83. The fraction of sp³-hybridized carbons (Fsp3) is 0.600. The highest BCUT2D eigenvalue weighted by atomic mass is 15.1. The van der Waals surface area contributed by atoms with Crippen LogP contribution < -0.4 is 5.73 Å². The molecule has 2 nitrogen and oxygen atoms in total. The lowest BCUT2D eigenvalue weighted by atomic mass is 9.90. The molecule has 1 saturated carbocycles. The molecule has 1 aliphatic rings. The van der Waals surface area contributed by atoms with Gasteiger partial charge in [-0.15, -0.1) is 0 Å². The minimum Gasteiger partial charge on any atom is -0.328 e. The zero-order valence-electron chi connectivity index (χ0n) is 11.0. The molecule has 94 valence electrons. The highest BCUT2D eigenvalue weighted by molar-refractivity contribution is 5.25. The summed E-state index contributed by atoms with van der Waals surface area (Å²) in [6.07, 6.45) is 4.87. The van der Waals surface area contributed by atoms with Crippen molar-refractivity contribution in [3.8, 4) is 0 Å². The van der Waals surface area contributed by atoms with Crippen molar-refractivity contribution in [2.24, 2.45) is 5.73 Å². The normalized spacial score (nSPS) is 25.2. The molecule has 0 aromatic heterocycles. The van der Waals surface area contributed by atoms with Crippen LogP contribution in [0.2, 0.25) is 0 Å². The first-order chi connectivity index (χ1) is 8.16. The first-order valence-corrected chi connectivity index (χ1v) is 6.67. The third-order valence-corrected chi connectivity index (χ3v) is 4.05. The minimum atomic E-state index is 0.443. The number of nitrogens with zero attached hydrogens (tertiary/aromatic N) is 1. The number of nitrogens with two attached hydrogens (primary N) is 1. The summed E-state index contributed by atoms with van der Waals surface area (Å²) < 4.78 is 0. The average Bonchev–Trinajstić information content (AvgIpc) is 2.33. The molecule has 0 heterocycles. The van der Waals surface area contributed by atoms with Crippen molar-refractivity contribution in [3.05, 3.63) is 35.4 Å². The molecule has 2 N–H and O–H groups in total. The van der Waals surface area contributed by atoms with Crippen LogP contribution in [0.3, 0.4) is 0 Å². The van der Waals surface area contributed by atoms with E-state index in [4.69, 9.17) is 5.73 Å². The zero-order chi connectivity index (χ0) is 12.3. The van der Waals surface area contributed by atoms with Gasteiger partial charge in [0.15, 0.2) is 0 Å². The van der Waals surface area contributed by atoms with E-state index in [0.717, 1.165) is 12.6 Å². The molecule has 0 bridgehead atoms. The van der Waals surface area contributed by atoms with Gasteiger partial charge in [-0.3, -0.25) is 4.90 Å². The van der Waals surface area contributed by atoms with E-state index in [1.54, 1.807) is 0 Å². The molecule has 1 aromatic rings. The third-order valence-electron chi connectivity index (χ3n) is 4.05. The summed E-state index contributed by atoms with van der Waals surface area (Å²) >= 11 is 0. The Hall–Kier alpha value is -0.860. The highest BCUT2D eigenvalue weighted by Gasteiger charge is 2.21. The molecule has 0 spiro atoms. The van der Waals surface area contributed by atoms with Gasteiger partial charge in [-0.1, -0.05) is 24.3 Å². The molecule has 2 heteroatoms. The largest absolute Gasteiger partial charge is 0.328 e. The summed E-state index contributed by atoms with van der Waals surface area (Å²) in [5.41, 5.74) is 8.80. The predicted molar refractivity (Wildman–Crippen MR) is 72.9 cm³/mol. The van der Waals surface area contributed by atoms with Crippen molar-refractivity contribution < 1.29 is 0 Å². The molecule has 0 atom stereocenters. The Balaban J connectivity index is 1.93. The van der Waals surface area contributed by atoms with Crippen molar-refractivity contribution in [2.75, 3.05) is 7.05 Å². The molecule has 0 radical (unpaired) electrons. The molecule has 0 saturated heterocycles. The lowest BCUT2D eigenvalue weighted by Crippen LogP contribution is -2.38. The monoisotopic (exact) mass is 232 g/mol. The molecule has 0 aliphatic heterocycles. The van der Waals surface area contributed by atoms with Crippen molar-refractivity contribution in [3.63, 3.8) is 0 Å². The van der Waals surface area contributed by atoms with Crippen LogP contribution >= 0.6 is 0 Å². The molecular weight excluding hydrogens is 208 g/mol. The Bertz CT molecular complexity index is 354. The van der Waals surface area contributed by atoms with Crippen LogP contribution in [0.4, 0.5) is 0 Å². The fourth-order valence-corrected chi connectivity index (χ4v) is 2.73. The van der Waals surface area contributed by atoms with Crippen LogP contribution in [0, 0.1) is 6.92 Å². The molecule has 1 aliphatic carbocycles. The Morgan fingerprint density at radius 3 is 2.47 bits per heavy atom. The third kappa shape index (κ3) is 3.30. The maximum Gasteiger partial charge on any atom is 0.0236 e. The molecule has 1 aromatic carbocycles. The molecule has 17 heavy (non-hydrogen) atoms. The fourth-order valence-electron chi connectivity index (χ4n) is 2.73. The number of benzene rings is 1. The Morgan fingerprint density at radius 1 is 1.18 bits per heavy atom. The van der Waals surface area contributed by atoms with Gasteiger partial charge in [-0.05, 0) is 50.8 Å². The van der Waals surface area contributed by atoms with Gasteiger partial charge < -0.3 is 5.73 Å². The predicted octanol–water partition coefficient (Wildman–Crippen LogP) is 2.70. The van der Waals surface area contributed by atoms with Crippen LogP contribution in [0.1, 0.15) is 36.8 Å². The van der Waals surface area contributed by atoms with E-state index in [2.05, 4.69) is 43.1 Å². The first-order valence-electron chi connectivity index (χ1n) is 6.67. The summed E-state index contributed by atoms with van der Waals surface area (Å²) in [5.74, 6) is 0. The standard InChI is InChI=1S/C15H24N2/c1-12-5-3-4-6-13(12)11-17(2)15-9-7-14(16)8-10-15/h3-6,14-15H,7-11,16H2,1-2H3. The van der Waals surface area contributed by atoms with Gasteiger partial charge in [0, 0.05) is 18.6 Å². The van der Waals surface area contributed by atoms with Gasteiger partial charge in [0.05, 0.1) is 0 Å². The molecular formula is C15H24N2. The average molecular weight is 232 g/mol. The van der Waals surface area contributed by atoms with Crippen LogP contribution in [0.15, 0.2) is 24.3 Å². The maximum absolute atomic E-state index is 5.96. The minimum absolute atomic E-state index is 0.443. The first kappa shape index (κ1) is 12.6. The van der Waals surface area contributed by atoms with Gasteiger partial charge in [-0.2, -0.15) is 0 Å². The van der Waals surface area contributed by atoms with Gasteiger partial charge >= 0.3 is 0 Å². The van der Waals surface area contributed by atoms with E-state index < -0.39 is 0 Å². The lowest BCUT2D eigenvalue weighted by molar-refractivity contribution is 0.176. The number of hydrogen-bond acceptors (Lipinski definition) is 2. The van der Waals surface area contributed by atoms with Crippen LogP contribution in [-0.2, 0) is 6.54 Å². The second kappa shape index (κ2) is 5.65. The van der Waals surface area contributed by atoms with Crippen LogP contribution in [0.5, 0.6) is 0 Å². The van der Waals surface area contributed by atoms with E-state index in [-0.39, 0.29) is 0 Å². The summed E-state index contributed by atoms with van der Waals surface area (Å²) in [5, 5.41) is 0. The summed E-state index contributed by atoms with van der Waals surface area (Å²) in [4.78, 5) is 2.49. The lowest BCUT2D eigenvalue weighted by Gasteiger charge is -2.33. The van der Waals surface area contributed by atoms with Gasteiger partial charge in [-0.25, -0.2) is 0 Å². The van der Waals surface area contributed by atoms with Crippen molar-refractivity contribution >= 4 is 0 Å². The van der Waals surface area contributed by atoms with Gasteiger partial charge in [0.1, 0.15) is 0 Å². The van der Waals surface area contributed by atoms with E-state index in [0.29, 0.717) is 6.04 Å². The van der Waals surface area contributed by atoms with E-state index >= 15 is 0 Å². The molecule has 1 fully saturated rings. The van der Waals surface area contributed by atoms with Gasteiger partial charge in [0.2, 0.25) is 0 Å². The number of aryl methyl sites for hydroxylation is 1. The quantitative estimate of drug-likeness (QED) is 0.868. The topological polar surface area (TPSA) is 29.3 Å². The van der Waals surface area contributed by atoms with E-state index in [9.17, 15) is 0 Å². The van der Waals surface area contributed by atoms with Gasteiger partial charge in [0.25, 0.3) is 0 Å². The second-order valence-corrected chi connectivity index (χ2v) is 5.41. The Labute approximate surface area is 105 Å². The van der Waals surface area contributed by atoms with Crippen LogP contribution in [0.25, 0.3) is 0 Å². The van der Waals surface area contributed by atoms with E-state index in [1.807, 2.05) is 0 Å². The van der Waals surface area contributed by atoms with Crippen LogP contribution in [-0.4, -0.2) is 24.0 Å². The number of hydrogen-bond donors (Lipinski definition) is 1. The number of rotatable bonds is 3.